The molecule has 0 spiro atoms. The van der Waals surface area contributed by atoms with E-state index in [0.717, 1.165) is 12.1 Å². The second-order valence-electron chi connectivity index (χ2n) is 4.32. The fourth-order valence-electron chi connectivity index (χ4n) is 2.17. The Balaban J connectivity index is 2.29. The molecule has 2 rings (SSSR count). The third-order valence-electron chi connectivity index (χ3n) is 3.11. The molecule has 17 heavy (non-hydrogen) atoms. The third kappa shape index (κ3) is 2.47. The van der Waals surface area contributed by atoms with Crippen LogP contribution in [0.5, 0.6) is 0 Å². The molecule has 1 aromatic rings. The first-order valence-corrected chi connectivity index (χ1v) is 7.13. The Bertz CT molecular complexity index is 510. The molecular formula is C11H13F2NO2S. The highest BCUT2D eigenvalue weighted by Crippen LogP contribution is 2.32. The van der Waals surface area contributed by atoms with Gasteiger partial charge in [-0.3, -0.25) is 0 Å². The molecule has 2 unspecified atom stereocenters. The molecule has 0 bridgehead atoms. The molecule has 0 saturated carbocycles. The van der Waals surface area contributed by atoms with E-state index in [1.165, 1.54) is 6.07 Å². The van der Waals surface area contributed by atoms with Crippen molar-refractivity contribution in [2.45, 2.75) is 12.5 Å². The molecule has 6 heteroatoms. The lowest BCUT2D eigenvalue weighted by Gasteiger charge is -2.19. The normalized spacial score (nSPS) is 24.8. The second kappa shape index (κ2) is 4.34. The lowest BCUT2D eigenvalue weighted by atomic mass is 9.92. The molecule has 0 aliphatic carbocycles. The summed E-state index contributed by atoms with van der Waals surface area (Å²) in [5, 5.41) is 0. The van der Waals surface area contributed by atoms with E-state index in [4.69, 9.17) is 5.73 Å². The molecule has 0 radical (unpaired) electrons. The fraction of sp³-hybridized carbons (Fsp3) is 0.455. The van der Waals surface area contributed by atoms with Gasteiger partial charge in [0.2, 0.25) is 0 Å². The lowest BCUT2D eigenvalue weighted by Crippen LogP contribution is -2.24. The Kier molecular flexibility index (Phi) is 3.18. The van der Waals surface area contributed by atoms with Crippen molar-refractivity contribution < 1.29 is 17.2 Å². The molecule has 3 nitrogen and oxygen atoms in total. The molecule has 0 amide bonds. The van der Waals surface area contributed by atoms with E-state index in [2.05, 4.69) is 0 Å². The summed E-state index contributed by atoms with van der Waals surface area (Å²) in [7, 11) is -3.10. The van der Waals surface area contributed by atoms with Crippen LogP contribution in [0.1, 0.15) is 18.0 Å². The number of hydrogen-bond acceptors (Lipinski definition) is 3. The molecule has 2 N–H and O–H groups in total. The summed E-state index contributed by atoms with van der Waals surface area (Å²) in [4.78, 5) is 0. The van der Waals surface area contributed by atoms with Crippen LogP contribution < -0.4 is 5.73 Å². The zero-order chi connectivity index (χ0) is 12.6. The van der Waals surface area contributed by atoms with Gasteiger partial charge >= 0.3 is 0 Å². The van der Waals surface area contributed by atoms with Gasteiger partial charge in [-0.2, -0.15) is 0 Å². The third-order valence-corrected chi connectivity index (χ3v) is 4.90. The van der Waals surface area contributed by atoms with Crippen molar-refractivity contribution in [3.8, 4) is 0 Å². The number of hydrogen-bond donors (Lipinski definition) is 1. The maximum absolute atomic E-state index is 13.5. The minimum Gasteiger partial charge on any atom is -0.324 e. The molecule has 94 valence electrons. The zero-order valence-electron chi connectivity index (χ0n) is 9.07. The summed E-state index contributed by atoms with van der Waals surface area (Å²) in [6.07, 6.45) is 0.358. The van der Waals surface area contributed by atoms with Crippen molar-refractivity contribution in [3.63, 3.8) is 0 Å². The fourth-order valence-corrected chi connectivity index (χ4v) is 4.03. The van der Waals surface area contributed by atoms with Crippen LogP contribution >= 0.6 is 0 Å². The summed E-state index contributed by atoms with van der Waals surface area (Å²) in [6, 6.07) is 2.60. The number of nitrogens with two attached hydrogens (primary N) is 1. The van der Waals surface area contributed by atoms with E-state index in [0.29, 0.717) is 6.42 Å². The Morgan fingerprint density at radius 1 is 1.29 bits per heavy atom. The maximum Gasteiger partial charge on any atom is 0.150 e. The Labute approximate surface area is 98.5 Å². The quantitative estimate of drug-likeness (QED) is 0.875. The van der Waals surface area contributed by atoms with E-state index < -0.39 is 33.4 Å². The van der Waals surface area contributed by atoms with Gasteiger partial charge in [0, 0.05) is 11.6 Å². The van der Waals surface area contributed by atoms with Crippen molar-refractivity contribution in [2.24, 2.45) is 11.7 Å². The first kappa shape index (κ1) is 12.4. The predicted molar refractivity (Wildman–Crippen MR) is 60.0 cm³/mol. The topological polar surface area (TPSA) is 60.2 Å². The van der Waals surface area contributed by atoms with Gasteiger partial charge in [0.1, 0.15) is 11.6 Å². The summed E-state index contributed by atoms with van der Waals surface area (Å²) in [5.74, 6) is -1.90. The van der Waals surface area contributed by atoms with E-state index in [-0.39, 0.29) is 17.1 Å². The second-order valence-corrected chi connectivity index (χ2v) is 6.55. The highest BCUT2D eigenvalue weighted by molar-refractivity contribution is 7.91. The molecule has 1 aliphatic heterocycles. The van der Waals surface area contributed by atoms with E-state index >= 15 is 0 Å². The Morgan fingerprint density at radius 2 is 1.88 bits per heavy atom. The van der Waals surface area contributed by atoms with Crippen LogP contribution in [-0.4, -0.2) is 19.9 Å². The summed E-state index contributed by atoms with van der Waals surface area (Å²) >= 11 is 0. The minimum absolute atomic E-state index is 0.0431. The van der Waals surface area contributed by atoms with E-state index in [9.17, 15) is 17.2 Å². The average molecular weight is 261 g/mol. The first-order chi connectivity index (χ1) is 7.91. The van der Waals surface area contributed by atoms with Crippen molar-refractivity contribution in [1.82, 2.24) is 0 Å². The molecule has 1 fully saturated rings. The monoisotopic (exact) mass is 261 g/mol. The standard InChI is InChI=1S/C11H13F2NO2S/c12-8-2-1-3-9(13)10(8)11(14)7-4-5-17(15,16)6-7/h1-3,7,11H,4-6,14H2. The molecule has 1 aliphatic rings. The van der Waals surface area contributed by atoms with Crippen LogP contribution in [-0.2, 0) is 9.84 Å². The minimum atomic E-state index is -3.10. The Hall–Kier alpha value is -1.01. The van der Waals surface area contributed by atoms with Crippen molar-refractivity contribution in [2.75, 3.05) is 11.5 Å². The van der Waals surface area contributed by atoms with E-state index in [1.807, 2.05) is 0 Å². The van der Waals surface area contributed by atoms with Gasteiger partial charge in [0.05, 0.1) is 11.5 Å². The smallest absolute Gasteiger partial charge is 0.150 e. The van der Waals surface area contributed by atoms with Gasteiger partial charge in [-0.15, -0.1) is 0 Å². The molecular weight excluding hydrogens is 248 g/mol. The number of rotatable bonds is 2. The van der Waals surface area contributed by atoms with Crippen molar-refractivity contribution >= 4 is 9.84 Å². The summed E-state index contributed by atoms with van der Waals surface area (Å²) in [6.45, 7) is 0. The molecule has 1 aromatic carbocycles. The highest BCUT2D eigenvalue weighted by Gasteiger charge is 2.34. The van der Waals surface area contributed by atoms with Gasteiger partial charge in [0.15, 0.2) is 9.84 Å². The highest BCUT2D eigenvalue weighted by atomic mass is 32.2. The maximum atomic E-state index is 13.5. The van der Waals surface area contributed by atoms with Crippen LogP contribution in [0.2, 0.25) is 0 Å². The SMILES string of the molecule is NC(c1c(F)cccc1F)C1CCS(=O)(=O)C1. The number of halogens is 2. The van der Waals surface area contributed by atoms with Gasteiger partial charge in [-0.05, 0) is 24.5 Å². The molecule has 1 heterocycles. The molecule has 1 saturated heterocycles. The van der Waals surface area contributed by atoms with Crippen molar-refractivity contribution in [1.29, 1.82) is 0 Å². The van der Waals surface area contributed by atoms with Crippen LogP contribution in [0, 0.1) is 17.6 Å². The van der Waals surface area contributed by atoms with E-state index in [1.54, 1.807) is 0 Å². The lowest BCUT2D eigenvalue weighted by molar-refractivity contribution is 0.435. The van der Waals surface area contributed by atoms with Crippen LogP contribution in [0.25, 0.3) is 0 Å². The first-order valence-electron chi connectivity index (χ1n) is 5.30. The summed E-state index contributed by atoms with van der Waals surface area (Å²) in [5.41, 5.74) is 5.57. The van der Waals surface area contributed by atoms with Crippen LogP contribution in [0.4, 0.5) is 8.78 Å². The largest absolute Gasteiger partial charge is 0.324 e. The molecule has 2 atom stereocenters. The van der Waals surface area contributed by atoms with Crippen LogP contribution in [0.3, 0.4) is 0 Å². The van der Waals surface area contributed by atoms with Crippen LogP contribution in [0.15, 0.2) is 18.2 Å². The number of benzene rings is 1. The van der Waals surface area contributed by atoms with Gasteiger partial charge in [-0.25, -0.2) is 17.2 Å². The number of sulfone groups is 1. The van der Waals surface area contributed by atoms with Gasteiger partial charge in [0.25, 0.3) is 0 Å². The Morgan fingerprint density at radius 3 is 2.35 bits per heavy atom. The average Bonchev–Trinajstić information content (AvgIpc) is 2.58. The summed E-state index contributed by atoms with van der Waals surface area (Å²) < 4.78 is 49.6. The zero-order valence-corrected chi connectivity index (χ0v) is 9.88. The van der Waals surface area contributed by atoms with Gasteiger partial charge in [-0.1, -0.05) is 6.07 Å². The molecule has 0 aromatic heterocycles. The van der Waals surface area contributed by atoms with Gasteiger partial charge < -0.3 is 5.73 Å². The van der Waals surface area contributed by atoms with Crippen molar-refractivity contribution in [3.05, 3.63) is 35.4 Å². The predicted octanol–water partition coefficient (Wildman–Crippen LogP) is 1.40.